The van der Waals surface area contributed by atoms with Gasteiger partial charge in [0.1, 0.15) is 0 Å². The van der Waals surface area contributed by atoms with E-state index in [1.165, 1.54) is 0 Å². The van der Waals surface area contributed by atoms with E-state index in [1.807, 2.05) is 0 Å². The third kappa shape index (κ3) is 3.35. The lowest BCUT2D eigenvalue weighted by atomic mass is 10.0. The van der Waals surface area contributed by atoms with Crippen molar-refractivity contribution in [3.63, 3.8) is 0 Å². The van der Waals surface area contributed by atoms with Crippen LogP contribution in [0.5, 0.6) is 0 Å². The molecule has 0 spiro atoms. The summed E-state index contributed by atoms with van der Waals surface area (Å²) in [5.41, 5.74) is 1.56. The average molecular weight is 283 g/mol. The Morgan fingerprint density at radius 1 is 1.11 bits per heavy atom. The smallest absolute Gasteiger partial charge is 0.218 e. The van der Waals surface area contributed by atoms with Gasteiger partial charge in [0.2, 0.25) is 10.0 Å². The highest BCUT2D eigenvalue weighted by Gasteiger charge is 2.33. The third-order valence-corrected chi connectivity index (χ3v) is 5.69. The molecule has 0 aromatic heterocycles. The van der Waals surface area contributed by atoms with Crippen LogP contribution in [0.4, 0.5) is 0 Å². The number of hydrogen-bond acceptors (Lipinski definition) is 3. The molecule has 5 heteroatoms. The van der Waals surface area contributed by atoms with E-state index in [1.54, 1.807) is 28.6 Å². The lowest BCUT2D eigenvalue weighted by Gasteiger charge is -2.16. The van der Waals surface area contributed by atoms with Crippen molar-refractivity contribution in [1.29, 1.82) is 0 Å². The fourth-order valence-electron chi connectivity index (χ4n) is 2.35. The van der Waals surface area contributed by atoms with Crippen LogP contribution in [-0.4, -0.2) is 30.9 Å². The molecule has 1 saturated heterocycles. The SMILES string of the molecule is CC1CN(S(=O)(=O)Cc2ccc(CO)cc2)CC1C. The van der Waals surface area contributed by atoms with Gasteiger partial charge in [0, 0.05) is 13.1 Å². The number of rotatable bonds is 4. The highest BCUT2D eigenvalue weighted by atomic mass is 32.2. The van der Waals surface area contributed by atoms with Crippen LogP contribution >= 0.6 is 0 Å². The Bertz CT molecular complexity index is 514. The van der Waals surface area contributed by atoms with Gasteiger partial charge in [0.05, 0.1) is 12.4 Å². The Hall–Kier alpha value is -0.910. The van der Waals surface area contributed by atoms with Crippen LogP contribution in [0.1, 0.15) is 25.0 Å². The molecule has 1 N–H and O–H groups in total. The van der Waals surface area contributed by atoms with Crippen molar-refractivity contribution in [2.75, 3.05) is 13.1 Å². The molecule has 1 aliphatic heterocycles. The number of aliphatic hydroxyl groups is 1. The van der Waals surface area contributed by atoms with Crippen molar-refractivity contribution in [3.8, 4) is 0 Å². The molecule has 2 unspecified atom stereocenters. The molecule has 1 aromatic rings. The van der Waals surface area contributed by atoms with Crippen molar-refractivity contribution < 1.29 is 13.5 Å². The first kappa shape index (κ1) is 14.5. The molecule has 0 bridgehead atoms. The minimum absolute atomic E-state index is 0.0197. The van der Waals surface area contributed by atoms with Crippen LogP contribution in [0.3, 0.4) is 0 Å². The van der Waals surface area contributed by atoms with Gasteiger partial charge in [-0.25, -0.2) is 12.7 Å². The molecule has 0 radical (unpaired) electrons. The minimum atomic E-state index is -3.23. The van der Waals surface area contributed by atoms with E-state index in [0.29, 0.717) is 24.9 Å². The van der Waals surface area contributed by atoms with Crippen molar-refractivity contribution in [2.24, 2.45) is 11.8 Å². The van der Waals surface area contributed by atoms with Crippen LogP contribution in [0, 0.1) is 11.8 Å². The van der Waals surface area contributed by atoms with Gasteiger partial charge in [-0.15, -0.1) is 0 Å². The molecule has 4 nitrogen and oxygen atoms in total. The summed E-state index contributed by atoms with van der Waals surface area (Å²) < 4.78 is 26.2. The maximum atomic E-state index is 12.3. The summed E-state index contributed by atoms with van der Waals surface area (Å²) in [7, 11) is -3.23. The molecular formula is C14H21NO3S. The van der Waals surface area contributed by atoms with Crippen molar-refractivity contribution in [2.45, 2.75) is 26.2 Å². The monoisotopic (exact) mass is 283 g/mol. The average Bonchev–Trinajstić information content (AvgIpc) is 2.71. The Morgan fingerprint density at radius 2 is 1.58 bits per heavy atom. The van der Waals surface area contributed by atoms with E-state index < -0.39 is 10.0 Å². The molecule has 1 fully saturated rings. The zero-order valence-corrected chi connectivity index (χ0v) is 12.2. The second-order valence-corrected chi connectivity index (χ2v) is 7.47. The lowest BCUT2D eigenvalue weighted by Crippen LogP contribution is -2.30. The highest BCUT2D eigenvalue weighted by molar-refractivity contribution is 7.88. The van der Waals surface area contributed by atoms with E-state index in [9.17, 15) is 8.42 Å². The second-order valence-electron chi connectivity index (χ2n) is 5.50. The topological polar surface area (TPSA) is 57.6 Å². The van der Waals surface area contributed by atoms with E-state index in [2.05, 4.69) is 13.8 Å². The molecule has 1 heterocycles. The van der Waals surface area contributed by atoms with E-state index in [0.717, 1.165) is 11.1 Å². The number of sulfonamides is 1. The van der Waals surface area contributed by atoms with Crippen LogP contribution in [-0.2, 0) is 22.4 Å². The molecule has 106 valence electrons. The standard InChI is InChI=1S/C14H21NO3S/c1-11-7-15(8-12(11)2)19(17,18)10-14-5-3-13(9-16)4-6-14/h3-6,11-12,16H,7-10H2,1-2H3. The molecule has 19 heavy (non-hydrogen) atoms. The van der Waals surface area contributed by atoms with Crippen molar-refractivity contribution in [3.05, 3.63) is 35.4 Å². The van der Waals surface area contributed by atoms with Crippen LogP contribution in [0.2, 0.25) is 0 Å². The summed E-state index contributed by atoms with van der Waals surface area (Å²) in [5.74, 6) is 0.885. The maximum Gasteiger partial charge on any atom is 0.218 e. The predicted molar refractivity (Wildman–Crippen MR) is 74.9 cm³/mol. The fraction of sp³-hybridized carbons (Fsp3) is 0.571. The van der Waals surface area contributed by atoms with Gasteiger partial charge in [-0.3, -0.25) is 0 Å². The summed E-state index contributed by atoms with van der Waals surface area (Å²) in [6.45, 7) is 5.41. The first-order chi connectivity index (χ1) is 8.92. The molecule has 0 aliphatic carbocycles. The maximum absolute atomic E-state index is 12.3. The summed E-state index contributed by atoms with van der Waals surface area (Å²) in [4.78, 5) is 0. The Balaban J connectivity index is 2.08. The van der Waals surface area contributed by atoms with Gasteiger partial charge in [-0.1, -0.05) is 38.1 Å². The molecule has 0 amide bonds. The predicted octanol–water partition coefficient (Wildman–Crippen LogP) is 1.60. The number of hydrogen-bond donors (Lipinski definition) is 1. The summed E-state index contributed by atoms with van der Waals surface area (Å²) in [6, 6.07) is 7.07. The number of aliphatic hydroxyl groups excluding tert-OH is 1. The normalized spacial score (nSPS) is 24.8. The number of nitrogens with zero attached hydrogens (tertiary/aromatic N) is 1. The third-order valence-electron chi connectivity index (χ3n) is 3.90. The zero-order chi connectivity index (χ0) is 14.0. The summed E-state index contributed by atoms with van der Waals surface area (Å²) in [6.07, 6.45) is 0. The molecule has 1 aliphatic rings. The molecule has 2 atom stereocenters. The summed E-state index contributed by atoms with van der Waals surface area (Å²) >= 11 is 0. The highest BCUT2D eigenvalue weighted by Crippen LogP contribution is 2.26. The first-order valence-corrected chi connectivity index (χ1v) is 8.20. The first-order valence-electron chi connectivity index (χ1n) is 6.59. The van der Waals surface area contributed by atoms with Crippen LogP contribution in [0.15, 0.2) is 24.3 Å². The Labute approximate surface area is 115 Å². The van der Waals surface area contributed by atoms with Crippen molar-refractivity contribution in [1.82, 2.24) is 4.31 Å². The zero-order valence-electron chi connectivity index (χ0n) is 11.4. The largest absolute Gasteiger partial charge is 0.392 e. The van der Waals surface area contributed by atoms with Crippen LogP contribution in [0.25, 0.3) is 0 Å². The molecular weight excluding hydrogens is 262 g/mol. The molecule has 2 rings (SSSR count). The van der Waals surface area contributed by atoms with Gasteiger partial charge in [-0.2, -0.15) is 0 Å². The molecule has 1 aromatic carbocycles. The number of benzene rings is 1. The van der Waals surface area contributed by atoms with E-state index >= 15 is 0 Å². The fourth-order valence-corrected chi connectivity index (χ4v) is 4.07. The van der Waals surface area contributed by atoms with Gasteiger partial charge < -0.3 is 5.11 Å². The van der Waals surface area contributed by atoms with Gasteiger partial charge in [0.15, 0.2) is 0 Å². The van der Waals surface area contributed by atoms with Gasteiger partial charge in [0.25, 0.3) is 0 Å². The Morgan fingerprint density at radius 3 is 2.05 bits per heavy atom. The minimum Gasteiger partial charge on any atom is -0.392 e. The van der Waals surface area contributed by atoms with Crippen LogP contribution < -0.4 is 0 Å². The lowest BCUT2D eigenvalue weighted by molar-refractivity contribution is 0.282. The van der Waals surface area contributed by atoms with Gasteiger partial charge >= 0.3 is 0 Å². The quantitative estimate of drug-likeness (QED) is 0.913. The molecule has 0 saturated carbocycles. The van der Waals surface area contributed by atoms with Crippen molar-refractivity contribution >= 4 is 10.0 Å². The van der Waals surface area contributed by atoms with E-state index in [4.69, 9.17) is 5.11 Å². The van der Waals surface area contributed by atoms with E-state index in [-0.39, 0.29) is 12.4 Å². The summed E-state index contributed by atoms with van der Waals surface area (Å²) in [5, 5.41) is 8.97. The second kappa shape index (κ2) is 5.61. The van der Waals surface area contributed by atoms with Gasteiger partial charge in [-0.05, 0) is 23.0 Å². The Kier molecular flexibility index (Phi) is 4.28.